The van der Waals surface area contributed by atoms with Crippen LogP contribution in [-0.4, -0.2) is 16.3 Å². The maximum Gasteiger partial charge on any atom is 0.0627 e. The van der Waals surface area contributed by atoms with Crippen LogP contribution in [0.25, 0.3) is 0 Å². The molecule has 2 fully saturated rings. The Morgan fingerprint density at radius 3 is 2.56 bits per heavy atom. The Morgan fingerprint density at radius 1 is 1.11 bits per heavy atom. The smallest absolute Gasteiger partial charge is 0.0627 e. The summed E-state index contributed by atoms with van der Waals surface area (Å²) < 4.78 is 2.23. The average molecular weight is 247 g/mol. The fraction of sp³-hybridized carbons (Fsp3) is 0.800. The summed E-state index contributed by atoms with van der Waals surface area (Å²) in [4.78, 5) is 0. The molecular weight excluding hydrogens is 222 g/mol. The lowest BCUT2D eigenvalue weighted by Gasteiger charge is -2.35. The monoisotopic (exact) mass is 247 g/mol. The second-order valence-electron chi connectivity index (χ2n) is 6.12. The highest BCUT2D eigenvalue weighted by molar-refractivity contribution is 5.03. The minimum absolute atomic E-state index is 0.666. The lowest BCUT2D eigenvalue weighted by atomic mass is 9.71. The van der Waals surface area contributed by atoms with E-state index in [4.69, 9.17) is 10.8 Å². The van der Waals surface area contributed by atoms with Crippen molar-refractivity contribution in [2.24, 2.45) is 17.6 Å². The number of nitrogens with zero attached hydrogens (tertiary/aromatic N) is 2. The third-order valence-electron chi connectivity index (χ3n) is 4.96. The summed E-state index contributed by atoms with van der Waals surface area (Å²) >= 11 is 0. The highest BCUT2D eigenvalue weighted by atomic mass is 15.3. The molecule has 2 saturated carbocycles. The van der Waals surface area contributed by atoms with Gasteiger partial charge in [-0.25, -0.2) is 0 Å². The van der Waals surface area contributed by atoms with E-state index in [0.717, 1.165) is 24.8 Å². The highest BCUT2D eigenvalue weighted by Gasteiger charge is 2.30. The molecule has 0 aromatic carbocycles. The van der Waals surface area contributed by atoms with Crippen LogP contribution in [0.5, 0.6) is 0 Å². The first kappa shape index (κ1) is 12.2. The molecule has 0 spiro atoms. The van der Waals surface area contributed by atoms with Crippen molar-refractivity contribution in [2.45, 2.75) is 57.4 Å². The molecule has 2 atom stereocenters. The van der Waals surface area contributed by atoms with Gasteiger partial charge in [0.1, 0.15) is 0 Å². The quantitative estimate of drug-likeness (QED) is 0.889. The van der Waals surface area contributed by atoms with Gasteiger partial charge in [0.25, 0.3) is 0 Å². The fourth-order valence-electron chi connectivity index (χ4n) is 3.52. The summed E-state index contributed by atoms with van der Waals surface area (Å²) in [6.07, 6.45) is 12.8. The van der Waals surface area contributed by atoms with Crippen molar-refractivity contribution in [3.63, 3.8) is 0 Å². The topological polar surface area (TPSA) is 43.8 Å². The van der Waals surface area contributed by atoms with Gasteiger partial charge in [-0.1, -0.05) is 19.3 Å². The zero-order valence-electron chi connectivity index (χ0n) is 11.2. The second-order valence-corrected chi connectivity index (χ2v) is 6.12. The predicted molar refractivity (Wildman–Crippen MR) is 73.3 cm³/mol. The van der Waals surface area contributed by atoms with E-state index in [9.17, 15) is 0 Å². The molecule has 18 heavy (non-hydrogen) atoms. The highest BCUT2D eigenvalue weighted by Crippen LogP contribution is 2.36. The largest absolute Gasteiger partial charge is 0.330 e. The van der Waals surface area contributed by atoms with Crippen molar-refractivity contribution < 1.29 is 0 Å². The zero-order valence-corrected chi connectivity index (χ0v) is 11.2. The van der Waals surface area contributed by atoms with Gasteiger partial charge in [-0.15, -0.1) is 0 Å². The number of nitrogens with two attached hydrogens (primary N) is 1. The van der Waals surface area contributed by atoms with Crippen LogP contribution in [-0.2, 0) is 6.42 Å². The van der Waals surface area contributed by atoms with Crippen molar-refractivity contribution in [2.75, 3.05) is 6.54 Å². The maximum absolute atomic E-state index is 5.77. The molecule has 0 bridgehead atoms. The Labute approximate surface area is 110 Å². The van der Waals surface area contributed by atoms with E-state index in [1.165, 1.54) is 50.6 Å². The molecule has 1 heterocycles. The van der Waals surface area contributed by atoms with Gasteiger partial charge in [-0.05, 0) is 56.6 Å². The van der Waals surface area contributed by atoms with Gasteiger partial charge >= 0.3 is 0 Å². The maximum atomic E-state index is 5.77. The molecule has 0 amide bonds. The molecule has 2 aliphatic rings. The first-order chi connectivity index (χ1) is 8.86. The lowest BCUT2D eigenvalue weighted by Crippen LogP contribution is -2.33. The van der Waals surface area contributed by atoms with Crippen molar-refractivity contribution >= 4 is 0 Å². The van der Waals surface area contributed by atoms with E-state index in [1.54, 1.807) is 0 Å². The molecule has 2 unspecified atom stereocenters. The van der Waals surface area contributed by atoms with Crippen LogP contribution >= 0.6 is 0 Å². The summed E-state index contributed by atoms with van der Waals surface area (Å²) in [5.41, 5.74) is 7.06. The molecule has 2 N–H and O–H groups in total. The molecule has 100 valence electrons. The van der Waals surface area contributed by atoms with Crippen molar-refractivity contribution in [1.82, 2.24) is 9.78 Å². The standard InChI is InChI=1S/C15H25N3/c16-11-13-7-6-12(13)10-14-8-9-18(17-14)15-4-2-1-3-5-15/h8-9,12-13,15H,1-7,10-11,16H2. The van der Waals surface area contributed by atoms with Crippen LogP contribution in [0.3, 0.4) is 0 Å². The Hall–Kier alpha value is -0.830. The molecular formula is C15H25N3. The summed E-state index contributed by atoms with van der Waals surface area (Å²) in [7, 11) is 0. The third-order valence-corrected chi connectivity index (χ3v) is 4.96. The summed E-state index contributed by atoms with van der Waals surface area (Å²) in [6, 6.07) is 2.89. The molecule has 0 aliphatic heterocycles. The van der Waals surface area contributed by atoms with Crippen LogP contribution in [0, 0.1) is 11.8 Å². The van der Waals surface area contributed by atoms with E-state index in [0.29, 0.717) is 6.04 Å². The van der Waals surface area contributed by atoms with Crippen molar-refractivity contribution in [1.29, 1.82) is 0 Å². The average Bonchev–Trinajstić information content (AvgIpc) is 2.85. The first-order valence-electron chi connectivity index (χ1n) is 7.61. The summed E-state index contributed by atoms with van der Waals surface area (Å²) in [5.74, 6) is 1.55. The summed E-state index contributed by atoms with van der Waals surface area (Å²) in [5, 5.41) is 4.80. The number of hydrogen-bond acceptors (Lipinski definition) is 2. The van der Waals surface area contributed by atoms with E-state index < -0.39 is 0 Å². The van der Waals surface area contributed by atoms with E-state index in [-0.39, 0.29) is 0 Å². The van der Waals surface area contributed by atoms with Gasteiger partial charge in [0.15, 0.2) is 0 Å². The minimum atomic E-state index is 0.666. The third kappa shape index (κ3) is 2.46. The summed E-state index contributed by atoms with van der Waals surface area (Å²) in [6.45, 7) is 0.855. The van der Waals surface area contributed by atoms with Gasteiger partial charge in [-0.2, -0.15) is 5.10 Å². The molecule has 3 heteroatoms. The lowest BCUT2D eigenvalue weighted by molar-refractivity contribution is 0.181. The van der Waals surface area contributed by atoms with E-state index in [1.807, 2.05) is 0 Å². The second kappa shape index (κ2) is 5.43. The van der Waals surface area contributed by atoms with Gasteiger partial charge in [0.2, 0.25) is 0 Å². The molecule has 1 aromatic heterocycles. The Balaban J connectivity index is 1.59. The molecule has 3 nitrogen and oxygen atoms in total. The SMILES string of the molecule is NCC1CCC1Cc1ccn(C2CCCCC2)n1. The normalized spacial score (nSPS) is 29.2. The van der Waals surface area contributed by atoms with Crippen LogP contribution in [0.2, 0.25) is 0 Å². The van der Waals surface area contributed by atoms with Crippen molar-refractivity contribution in [3.05, 3.63) is 18.0 Å². The molecule has 2 aliphatic carbocycles. The Bertz CT molecular complexity index is 377. The first-order valence-corrected chi connectivity index (χ1v) is 7.61. The number of rotatable bonds is 4. The molecule has 3 rings (SSSR count). The van der Waals surface area contributed by atoms with Gasteiger partial charge < -0.3 is 5.73 Å². The van der Waals surface area contributed by atoms with Crippen LogP contribution < -0.4 is 5.73 Å². The molecule has 0 radical (unpaired) electrons. The van der Waals surface area contributed by atoms with E-state index >= 15 is 0 Å². The molecule has 0 saturated heterocycles. The molecule has 1 aromatic rings. The van der Waals surface area contributed by atoms with Gasteiger partial charge in [0.05, 0.1) is 11.7 Å². The number of hydrogen-bond donors (Lipinski definition) is 1. The van der Waals surface area contributed by atoms with Crippen LogP contribution in [0.1, 0.15) is 56.7 Å². The zero-order chi connectivity index (χ0) is 12.4. The Kier molecular flexibility index (Phi) is 3.69. The van der Waals surface area contributed by atoms with Crippen molar-refractivity contribution in [3.8, 4) is 0 Å². The van der Waals surface area contributed by atoms with Gasteiger partial charge in [-0.3, -0.25) is 4.68 Å². The number of aromatic nitrogens is 2. The van der Waals surface area contributed by atoms with Gasteiger partial charge in [0, 0.05) is 6.20 Å². The van der Waals surface area contributed by atoms with Crippen LogP contribution in [0.15, 0.2) is 12.3 Å². The Morgan fingerprint density at radius 2 is 1.89 bits per heavy atom. The van der Waals surface area contributed by atoms with Crippen LogP contribution in [0.4, 0.5) is 0 Å². The predicted octanol–water partition coefficient (Wildman–Crippen LogP) is 2.92. The minimum Gasteiger partial charge on any atom is -0.330 e. The fourth-order valence-corrected chi connectivity index (χ4v) is 3.52. The van der Waals surface area contributed by atoms with E-state index in [2.05, 4.69) is 16.9 Å².